The normalized spacial score (nSPS) is 49.1. The van der Waals surface area contributed by atoms with Gasteiger partial charge in [0, 0.05) is 10.00 Å². The van der Waals surface area contributed by atoms with Crippen molar-refractivity contribution in [1.82, 2.24) is 0 Å². The van der Waals surface area contributed by atoms with Gasteiger partial charge in [-0.05, 0) is 64.2 Å². The molecule has 0 aromatic carbocycles. The quantitative estimate of drug-likeness (QED) is 0.554. The minimum absolute atomic E-state index is 0.0528. The third kappa shape index (κ3) is 3.44. The zero-order chi connectivity index (χ0) is 14.4. The number of hydrogen-bond donors (Lipinski definition) is 0. The Morgan fingerprint density at radius 1 is 1.10 bits per heavy atom. The summed E-state index contributed by atoms with van der Waals surface area (Å²) in [6.07, 6.45) is 8.81. The lowest BCUT2D eigenvalue weighted by Crippen LogP contribution is -2.27. The van der Waals surface area contributed by atoms with Gasteiger partial charge in [-0.25, -0.2) is 0 Å². The average Bonchev–Trinajstić information content (AvgIpc) is 3.36. The predicted octanol–water partition coefficient (Wildman–Crippen LogP) is 3.61. The van der Waals surface area contributed by atoms with Crippen LogP contribution in [0.1, 0.15) is 52.4 Å². The van der Waals surface area contributed by atoms with Gasteiger partial charge >= 0.3 is 0 Å². The van der Waals surface area contributed by atoms with Crippen molar-refractivity contribution >= 4 is 11.8 Å². The van der Waals surface area contributed by atoms with E-state index < -0.39 is 0 Å². The fourth-order valence-corrected chi connectivity index (χ4v) is 5.50. The number of epoxide rings is 1. The summed E-state index contributed by atoms with van der Waals surface area (Å²) in [7, 11) is 0. The fraction of sp³-hybridized carbons (Fsp3) is 1.00. The van der Waals surface area contributed by atoms with Crippen molar-refractivity contribution in [3.05, 3.63) is 0 Å². The summed E-state index contributed by atoms with van der Waals surface area (Å²) in [6, 6.07) is 0. The monoisotopic (exact) mass is 312 g/mol. The van der Waals surface area contributed by atoms with Crippen LogP contribution in [0.15, 0.2) is 0 Å². The lowest BCUT2D eigenvalue weighted by Gasteiger charge is -2.26. The van der Waals surface area contributed by atoms with Crippen LogP contribution < -0.4 is 0 Å². The standard InChI is InChI=1S/C17H28O3S/c1-11(18-9-12-3-4-14-15(7-12)20-14)19-10-13-5-6-17(2)16(8-13)21-17/h11-16H,3-10H2,1-2H3. The largest absolute Gasteiger partial charge is 0.370 e. The molecular weight excluding hydrogens is 284 g/mol. The molecule has 0 radical (unpaired) electrons. The lowest BCUT2D eigenvalue weighted by molar-refractivity contribution is -0.148. The molecule has 7 unspecified atom stereocenters. The summed E-state index contributed by atoms with van der Waals surface area (Å²) >= 11 is 2.17. The highest BCUT2D eigenvalue weighted by Crippen LogP contribution is 2.62. The molecule has 2 saturated heterocycles. The molecule has 21 heavy (non-hydrogen) atoms. The van der Waals surface area contributed by atoms with Crippen LogP contribution in [0.4, 0.5) is 0 Å². The molecule has 4 rings (SSSR count). The van der Waals surface area contributed by atoms with Crippen molar-refractivity contribution in [2.75, 3.05) is 13.2 Å². The Labute approximate surface area is 132 Å². The molecule has 4 heteroatoms. The Morgan fingerprint density at radius 2 is 1.86 bits per heavy atom. The molecule has 2 saturated carbocycles. The van der Waals surface area contributed by atoms with Gasteiger partial charge in [-0.3, -0.25) is 0 Å². The van der Waals surface area contributed by atoms with Gasteiger partial charge in [-0.2, -0.15) is 0 Å². The Morgan fingerprint density at radius 3 is 2.57 bits per heavy atom. The third-order valence-corrected chi connectivity index (χ3v) is 7.65. The number of rotatable bonds is 6. The van der Waals surface area contributed by atoms with Crippen molar-refractivity contribution in [2.24, 2.45) is 11.8 Å². The van der Waals surface area contributed by atoms with Crippen LogP contribution in [0.5, 0.6) is 0 Å². The molecule has 4 aliphatic rings. The van der Waals surface area contributed by atoms with Crippen LogP contribution in [0.2, 0.25) is 0 Å². The zero-order valence-corrected chi connectivity index (χ0v) is 14.1. The lowest BCUT2D eigenvalue weighted by atomic mass is 9.83. The number of fused-ring (bicyclic) bond motifs is 2. The van der Waals surface area contributed by atoms with Crippen molar-refractivity contribution in [3.63, 3.8) is 0 Å². The maximum Gasteiger partial charge on any atom is 0.154 e. The van der Waals surface area contributed by atoms with E-state index in [1.807, 2.05) is 0 Å². The first-order valence-corrected chi connectivity index (χ1v) is 9.57. The van der Waals surface area contributed by atoms with E-state index in [4.69, 9.17) is 14.2 Å². The number of hydrogen-bond acceptors (Lipinski definition) is 4. The first-order valence-electron chi connectivity index (χ1n) is 8.69. The molecule has 0 bridgehead atoms. The van der Waals surface area contributed by atoms with Gasteiger partial charge in [0.15, 0.2) is 6.29 Å². The van der Waals surface area contributed by atoms with Gasteiger partial charge in [-0.1, -0.05) is 0 Å². The molecule has 0 aromatic rings. The maximum absolute atomic E-state index is 5.95. The minimum atomic E-state index is -0.0528. The van der Waals surface area contributed by atoms with Crippen molar-refractivity contribution in [2.45, 2.75) is 80.9 Å². The van der Waals surface area contributed by atoms with Gasteiger partial charge in [-0.15, -0.1) is 11.8 Å². The van der Waals surface area contributed by atoms with Gasteiger partial charge in [0.05, 0.1) is 25.4 Å². The second-order valence-corrected chi connectivity index (χ2v) is 9.42. The van der Waals surface area contributed by atoms with E-state index in [1.54, 1.807) is 0 Å². The Balaban J connectivity index is 1.11. The molecule has 7 atom stereocenters. The Kier molecular flexibility index (Phi) is 4.02. The maximum atomic E-state index is 5.95. The summed E-state index contributed by atoms with van der Waals surface area (Å²) in [4.78, 5) is 0. The fourth-order valence-electron chi connectivity index (χ4n) is 4.10. The topological polar surface area (TPSA) is 31.0 Å². The van der Waals surface area contributed by atoms with Crippen LogP contribution in [0.3, 0.4) is 0 Å². The summed E-state index contributed by atoms with van der Waals surface area (Å²) in [5.74, 6) is 1.43. The van der Waals surface area contributed by atoms with E-state index in [9.17, 15) is 0 Å². The molecular formula is C17H28O3S. The van der Waals surface area contributed by atoms with Crippen LogP contribution in [-0.2, 0) is 14.2 Å². The number of ether oxygens (including phenoxy) is 3. The van der Waals surface area contributed by atoms with E-state index in [-0.39, 0.29) is 6.29 Å². The second kappa shape index (κ2) is 5.70. The van der Waals surface area contributed by atoms with Crippen molar-refractivity contribution in [3.8, 4) is 0 Å². The number of thioether (sulfide) groups is 1. The predicted molar refractivity (Wildman–Crippen MR) is 84.5 cm³/mol. The molecule has 120 valence electrons. The van der Waals surface area contributed by atoms with E-state index in [0.29, 0.717) is 22.9 Å². The molecule has 0 aromatic heterocycles. The van der Waals surface area contributed by atoms with Crippen molar-refractivity contribution < 1.29 is 14.2 Å². The summed E-state index contributed by atoms with van der Waals surface area (Å²) in [6.45, 7) is 6.20. The molecule has 0 N–H and O–H groups in total. The highest BCUT2D eigenvalue weighted by Gasteiger charge is 2.54. The van der Waals surface area contributed by atoms with Crippen LogP contribution in [0.25, 0.3) is 0 Å². The Hall–Kier alpha value is 0.230. The molecule has 2 aliphatic carbocycles. The van der Waals surface area contributed by atoms with Gasteiger partial charge in [0.25, 0.3) is 0 Å². The third-order valence-electron chi connectivity index (χ3n) is 5.88. The first-order chi connectivity index (χ1) is 10.1. The molecule has 0 spiro atoms. The minimum Gasteiger partial charge on any atom is -0.370 e. The zero-order valence-electron chi connectivity index (χ0n) is 13.3. The van der Waals surface area contributed by atoms with E-state index in [2.05, 4.69) is 25.6 Å². The smallest absolute Gasteiger partial charge is 0.154 e. The molecule has 2 heterocycles. The highest BCUT2D eigenvalue weighted by molar-refractivity contribution is 8.08. The SMILES string of the molecule is CC(OCC1CCC2OC2C1)OCC1CCC2(C)SC2C1. The highest BCUT2D eigenvalue weighted by atomic mass is 32.2. The summed E-state index contributed by atoms with van der Waals surface area (Å²) < 4.78 is 18.1. The molecule has 2 aliphatic heterocycles. The first kappa shape index (κ1) is 14.8. The summed E-state index contributed by atoms with van der Waals surface area (Å²) in [5.41, 5.74) is 0. The molecule has 3 nitrogen and oxygen atoms in total. The van der Waals surface area contributed by atoms with E-state index in [1.165, 1.54) is 38.5 Å². The summed E-state index contributed by atoms with van der Waals surface area (Å²) in [5, 5.41) is 0.907. The Bertz CT molecular complexity index is 390. The molecule has 4 fully saturated rings. The van der Waals surface area contributed by atoms with E-state index >= 15 is 0 Å². The molecule has 0 amide bonds. The van der Waals surface area contributed by atoms with Crippen LogP contribution in [-0.4, -0.2) is 41.7 Å². The van der Waals surface area contributed by atoms with E-state index in [0.717, 1.165) is 24.4 Å². The van der Waals surface area contributed by atoms with Gasteiger partial charge < -0.3 is 14.2 Å². The second-order valence-electron chi connectivity index (χ2n) is 7.69. The van der Waals surface area contributed by atoms with Gasteiger partial charge in [0.2, 0.25) is 0 Å². The van der Waals surface area contributed by atoms with Crippen LogP contribution in [0, 0.1) is 11.8 Å². The average molecular weight is 312 g/mol. The van der Waals surface area contributed by atoms with Crippen molar-refractivity contribution in [1.29, 1.82) is 0 Å². The van der Waals surface area contributed by atoms with Crippen LogP contribution >= 0.6 is 11.8 Å². The van der Waals surface area contributed by atoms with Gasteiger partial charge in [0.1, 0.15) is 0 Å².